The number of carbonyl (C=O) groups excluding carboxylic acids is 2. The first-order valence-corrected chi connectivity index (χ1v) is 12.2. The van der Waals surface area contributed by atoms with Crippen molar-refractivity contribution in [1.82, 2.24) is 14.8 Å². The van der Waals surface area contributed by atoms with Crippen molar-refractivity contribution in [3.8, 4) is 0 Å². The second-order valence-corrected chi connectivity index (χ2v) is 10.5. The Bertz CT molecular complexity index is 1160. The van der Waals surface area contributed by atoms with Crippen LogP contribution >= 0.6 is 11.3 Å². The quantitative estimate of drug-likeness (QED) is 0.608. The summed E-state index contributed by atoms with van der Waals surface area (Å²) in [4.78, 5) is 29.0. The molecule has 7 heteroatoms. The number of benzene rings is 1. The second kappa shape index (κ2) is 8.03. The standard InChI is InChI=1S/C25H28FN3O2S/c1-16-3-9-19(10-4-16)27-24(31)25(2)15-28-20-11-12-32-22(20)13-21(28)23(30)29(25)14-17-5-7-18(26)8-6-17/h5-8,11-13,16,19H,3-4,9-10,14-15H2,1-2H3,(H,27,31). The Kier molecular flexibility index (Phi) is 5.32. The van der Waals surface area contributed by atoms with E-state index in [2.05, 4.69) is 12.2 Å². The highest BCUT2D eigenvalue weighted by atomic mass is 32.1. The lowest BCUT2D eigenvalue weighted by atomic mass is 9.86. The lowest BCUT2D eigenvalue weighted by molar-refractivity contribution is -0.134. The van der Waals surface area contributed by atoms with Crippen LogP contribution in [-0.2, 0) is 17.9 Å². The molecule has 2 amide bonds. The van der Waals surface area contributed by atoms with Crippen LogP contribution in [0.3, 0.4) is 0 Å². The lowest BCUT2D eigenvalue weighted by Gasteiger charge is -2.45. The largest absolute Gasteiger partial charge is 0.351 e. The number of aromatic nitrogens is 1. The molecule has 2 aliphatic rings. The van der Waals surface area contributed by atoms with Crippen LogP contribution in [0.1, 0.15) is 55.6 Å². The van der Waals surface area contributed by atoms with Crippen molar-refractivity contribution in [3.05, 3.63) is 58.9 Å². The first-order chi connectivity index (χ1) is 15.3. The highest BCUT2D eigenvalue weighted by molar-refractivity contribution is 7.17. The van der Waals surface area contributed by atoms with Crippen LogP contribution in [0.5, 0.6) is 0 Å². The van der Waals surface area contributed by atoms with Gasteiger partial charge in [-0.1, -0.05) is 19.1 Å². The van der Waals surface area contributed by atoms with Crippen molar-refractivity contribution in [3.63, 3.8) is 0 Å². The Labute approximate surface area is 191 Å². The average molecular weight is 454 g/mol. The van der Waals surface area contributed by atoms with Crippen molar-refractivity contribution < 1.29 is 14.0 Å². The molecule has 1 aliphatic heterocycles. The van der Waals surface area contributed by atoms with Gasteiger partial charge in [-0.25, -0.2) is 4.39 Å². The second-order valence-electron chi connectivity index (χ2n) is 9.51. The van der Waals surface area contributed by atoms with E-state index in [-0.39, 0.29) is 30.2 Å². The normalized spacial score (nSPS) is 25.7. The first-order valence-electron chi connectivity index (χ1n) is 11.3. The predicted molar refractivity (Wildman–Crippen MR) is 124 cm³/mol. The molecule has 1 unspecified atom stereocenters. The van der Waals surface area contributed by atoms with Crippen LogP contribution < -0.4 is 5.32 Å². The number of fused-ring (bicyclic) bond motifs is 3. The third-order valence-corrected chi connectivity index (χ3v) is 8.00. The molecule has 0 saturated heterocycles. The zero-order chi connectivity index (χ0) is 22.5. The van der Waals surface area contributed by atoms with Gasteiger partial charge in [0.1, 0.15) is 17.1 Å². The minimum absolute atomic E-state index is 0.116. The zero-order valence-corrected chi connectivity index (χ0v) is 19.3. The molecule has 2 aromatic heterocycles. The monoisotopic (exact) mass is 453 g/mol. The molecule has 3 heterocycles. The zero-order valence-electron chi connectivity index (χ0n) is 18.4. The van der Waals surface area contributed by atoms with E-state index in [0.717, 1.165) is 41.5 Å². The van der Waals surface area contributed by atoms with Crippen LogP contribution in [0.25, 0.3) is 10.2 Å². The van der Waals surface area contributed by atoms with Gasteiger partial charge in [-0.2, -0.15) is 0 Å². The average Bonchev–Trinajstić information content (AvgIpc) is 3.36. The van der Waals surface area contributed by atoms with Crippen molar-refractivity contribution in [2.24, 2.45) is 5.92 Å². The molecule has 5 nitrogen and oxygen atoms in total. The van der Waals surface area contributed by atoms with Gasteiger partial charge in [-0.15, -0.1) is 11.3 Å². The number of halogens is 1. The van der Waals surface area contributed by atoms with E-state index in [4.69, 9.17) is 0 Å². The van der Waals surface area contributed by atoms with E-state index >= 15 is 0 Å². The number of nitrogens with zero attached hydrogens (tertiary/aromatic N) is 2. The van der Waals surface area contributed by atoms with E-state index in [9.17, 15) is 14.0 Å². The summed E-state index contributed by atoms with van der Waals surface area (Å²) in [5, 5.41) is 5.26. The number of hydrogen-bond donors (Lipinski definition) is 1. The molecule has 3 aromatic rings. The lowest BCUT2D eigenvalue weighted by Crippen LogP contribution is -2.64. The molecule has 0 bridgehead atoms. The number of hydrogen-bond acceptors (Lipinski definition) is 3. The van der Waals surface area contributed by atoms with Crippen LogP contribution in [0, 0.1) is 11.7 Å². The summed E-state index contributed by atoms with van der Waals surface area (Å²) < 4.78 is 16.5. The Morgan fingerprint density at radius 1 is 1.19 bits per heavy atom. The summed E-state index contributed by atoms with van der Waals surface area (Å²) in [7, 11) is 0. The van der Waals surface area contributed by atoms with E-state index < -0.39 is 5.54 Å². The van der Waals surface area contributed by atoms with Crippen LogP contribution in [0.4, 0.5) is 4.39 Å². The van der Waals surface area contributed by atoms with Gasteiger partial charge in [0.25, 0.3) is 5.91 Å². The summed E-state index contributed by atoms with van der Waals surface area (Å²) in [5.41, 5.74) is 1.35. The molecule has 1 fully saturated rings. The maximum Gasteiger partial charge on any atom is 0.271 e. The summed E-state index contributed by atoms with van der Waals surface area (Å²) in [6, 6.07) is 10.2. The molecule has 0 radical (unpaired) electrons. The maximum atomic E-state index is 13.7. The van der Waals surface area contributed by atoms with Crippen molar-refractivity contribution in [1.29, 1.82) is 0 Å². The third kappa shape index (κ3) is 3.62. The minimum Gasteiger partial charge on any atom is -0.351 e. The van der Waals surface area contributed by atoms with Crippen LogP contribution in [0.15, 0.2) is 41.8 Å². The van der Waals surface area contributed by atoms with Crippen molar-refractivity contribution >= 4 is 33.4 Å². The van der Waals surface area contributed by atoms with Gasteiger partial charge in [0.2, 0.25) is 5.91 Å². The van der Waals surface area contributed by atoms with Gasteiger partial charge in [-0.3, -0.25) is 9.59 Å². The molecule has 168 valence electrons. The topological polar surface area (TPSA) is 54.3 Å². The van der Waals surface area contributed by atoms with Crippen LogP contribution in [-0.4, -0.2) is 32.9 Å². The summed E-state index contributed by atoms with van der Waals surface area (Å²) in [6.45, 7) is 4.76. The van der Waals surface area contributed by atoms with Gasteiger partial charge < -0.3 is 14.8 Å². The first kappa shape index (κ1) is 21.2. The van der Waals surface area contributed by atoms with Gasteiger partial charge in [0, 0.05) is 12.6 Å². The number of nitrogens with one attached hydrogen (secondary N) is 1. The number of rotatable bonds is 4. The Hall–Kier alpha value is -2.67. The van der Waals surface area contributed by atoms with E-state index in [1.807, 2.05) is 29.0 Å². The fourth-order valence-corrected chi connectivity index (χ4v) is 5.86. The van der Waals surface area contributed by atoms with Gasteiger partial charge in [0.15, 0.2) is 0 Å². The molecule has 0 spiro atoms. The molecule has 1 atom stereocenters. The minimum atomic E-state index is -1.05. The maximum absolute atomic E-state index is 13.7. The van der Waals surface area contributed by atoms with Crippen molar-refractivity contribution in [2.45, 2.75) is 64.2 Å². The highest BCUT2D eigenvalue weighted by Gasteiger charge is 2.48. The van der Waals surface area contributed by atoms with E-state index in [1.54, 1.807) is 28.4 Å². The SMILES string of the molecule is CC1CCC(NC(=O)C2(C)Cn3c(cc4sccc43)C(=O)N2Cc2ccc(F)cc2)CC1. The number of amides is 2. The van der Waals surface area contributed by atoms with Crippen molar-refractivity contribution in [2.75, 3.05) is 0 Å². The smallest absolute Gasteiger partial charge is 0.271 e. The third-order valence-electron chi connectivity index (χ3n) is 7.14. The molecule has 5 rings (SSSR count). The van der Waals surface area contributed by atoms with Gasteiger partial charge >= 0.3 is 0 Å². The molecule has 1 aromatic carbocycles. The summed E-state index contributed by atoms with van der Waals surface area (Å²) in [6.07, 6.45) is 4.16. The number of thiophene rings is 1. The fourth-order valence-electron chi connectivity index (χ4n) is 5.04. The Balaban J connectivity index is 1.50. The summed E-state index contributed by atoms with van der Waals surface area (Å²) >= 11 is 1.59. The molecule has 1 aliphatic carbocycles. The van der Waals surface area contributed by atoms with Crippen LogP contribution in [0.2, 0.25) is 0 Å². The highest BCUT2D eigenvalue weighted by Crippen LogP contribution is 2.35. The molecule has 1 saturated carbocycles. The molecule has 32 heavy (non-hydrogen) atoms. The predicted octanol–water partition coefficient (Wildman–Crippen LogP) is 4.95. The van der Waals surface area contributed by atoms with E-state index in [1.165, 1.54) is 12.1 Å². The van der Waals surface area contributed by atoms with E-state index in [0.29, 0.717) is 18.2 Å². The Morgan fingerprint density at radius 3 is 2.62 bits per heavy atom. The van der Waals surface area contributed by atoms with Gasteiger partial charge in [-0.05, 0) is 73.7 Å². The molecular formula is C25H28FN3O2S. The Morgan fingerprint density at radius 2 is 1.91 bits per heavy atom. The summed E-state index contributed by atoms with van der Waals surface area (Å²) in [5.74, 6) is 0.0910. The molecular weight excluding hydrogens is 425 g/mol. The molecule has 1 N–H and O–H groups in total. The van der Waals surface area contributed by atoms with Gasteiger partial charge in [0.05, 0.1) is 16.8 Å². The fraction of sp³-hybridized carbons (Fsp3) is 0.440. The number of carbonyl (C=O) groups is 2.